The highest BCUT2D eigenvalue weighted by Crippen LogP contribution is 2.35. The molecule has 1 N–H and O–H groups in total. The number of rotatable bonds is 2. The second-order valence-corrected chi connectivity index (χ2v) is 6.71. The van der Waals surface area contributed by atoms with E-state index < -0.39 is 0 Å². The van der Waals surface area contributed by atoms with E-state index in [-0.39, 0.29) is 22.5 Å². The van der Waals surface area contributed by atoms with E-state index in [1.807, 2.05) is 12.1 Å². The third kappa shape index (κ3) is 3.64. The van der Waals surface area contributed by atoms with E-state index in [9.17, 15) is 14.0 Å². The average molecular weight is 332 g/mol. The second kappa shape index (κ2) is 7.00. The van der Waals surface area contributed by atoms with Crippen LogP contribution in [0.3, 0.4) is 0 Å². The summed E-state index contributed by atoms with van der Waals surface area (Å²) in [5, 5.41) is 0.0598. The number of benzene rings is 1. The summed E-state index contributed by atoms with van der Waals surface area (Å²) in [5.74, 6) is 0.468. The first-order chi connectivity index (χ1) is 11.1. The first kappa shape index (κ1) is 15.8. The summed E-state index contributed by atoms with van der Waals surface area (Å²) in [5.41, 5.74) is 0.947. The molecule has 3 rings (SSSR count). The fourth-order valence-corrected chi connectivity index (χ4v) is 3.94. The zero-order valence-electron chi connectivity index (χ0n) is 12.5. The van der Waals surface area contributed by atoms with E-state index in [1.54, 1.807) is 22.7 Å². The minimum atomic E-state index is -0.229. The first-order valence-electron chi connectivity index (χ1n) is 7.49. The van der Waals surface area contributed by atoms with Gasteiger partial charge in [-0.2, -0.15) is 11.8 Å². The van der Waals surface area contributed by atoms with Crippen LogP contribution >= 0.6 is 11.8 Å². The number of hydrogen-bond donors (Lipinski definition) is 1. The van der Waals surface area contributed by atoms with E-state index in [1.165, 1.54) is 24.4 Å². The minimum absolute atomic E-state index is 0.0598. The Hall–Kier alpha value is -2.08. The van der Waals surface area contributed by atoms with E-state index >= 15 is 0 Å². The van der Waals surface area contributed by atoms with Crippen LogP contribution in [0.2, 0.25) is 0 Å². The molecule has 0 spiro atoms. The molecular weight excluding hydrogens is 315 g/mol. The van der Waals surface area contributed by atoms with Crippen molar-refractivity contribution in [3.8, 4) is 0 Å². The van der Waals surface area contributed by atoms with Gasteiger partial charge in [-0.25, -0.2) is 4.39 Å². The van der Waals surface area contributed by atoms with Crippen LogP contribution in [0.25, 0.3) is 0 Å². The highest BCUT2D eigenvalue weighted by atomic mass is 32.2. The molecule has 1 aromatic carbocycles. The molecule has 0 saturated carbocycles. The van der Waals surface area contributed by atoms with Gasteiger partial charge in [0.15, 0.2) is 0 Å². The Labute approximate surface area is 137 Å². The van der Waals surface area contributed by atoms with Crippen molar-refractivity contribution in [3.05, 3.63) is 69.9 Å². The van der Waals surface area contributed by atoms with Crippen LogP contribution in [0.1, 0.15) is 27.6 Å². The highest BCUT2D eigenvalue weighted by molar-refractivity contribution is 7.99. The molecule has 1 fully saturated rings. The van der Waals surface area contributed by atoms with Gasteiger partial charge in [0.2, 0.25) is 5.56 Å². The molecule has 120 valence electrons. The monoisotopic (exact) mass is 332 g/mol. The SMILES string of the molecule is O=C(c1ccc(=O)[nH]c1)N1CCSC(c2ccccc2F)CC1. The van der Waals surface area contributed by atoms with E-state index in [4.69, 9.17) is 0 Å². The largest absolute Gasteiger partial charge is 0.338 e. The number of halogens is 1. The Morgan fingerprint density at radius 3 is 2.78 bits per heavy atom. The number of aromatic amines is 1. The fraction of sp³-hybridized carbons (Fsp3) is 0.294. The predicted molar refractivity (Wildman–Crippen MR) is 89.2 cm³/mol. The highest BCUT2D eigenvalue weighted by Gasteiger charge is 2.24. The van der Waals surface area contributed by atoms with Gasteiger partial charge in [0.05, 0.1) is 5.56 Å². The number of hydrogen-bond acceptors (Lipinski definition) is 3. The Morgan fingerprint density at radius 1 is 1.22 bits per heavy atom. The third-order valence-electron chi connectivity index (χ3n) is 3.91. The first-order valence-corrected chi connectivity index (χ1v) is 8.54. The van der Waals surface area contributed by atoms with E-state index in [0.717, 1.165) is 5.75 Å². The lowest BCUT2D eigenvalue weighted by Crippen LogP contribution is -2.33. The van der Waals surface area contributed by atoms with Crippen molar-refractivity contribution in [3.63, 3.8) is 0 Å². The lowest BCUT2D eigenvalue weighted by Gasteiger charge is -2.20. The van der Waals surface area contributed by atoms with Gasteiger partial charge >= 0.3 is 0 Å². The summed E-state index contributed by atoms with van der Waals surface area (Å²) < 4.78 is 13.9. The molecule has 1 aromatic heterocycles. The molecule has 0 aliphatic carbocycles. The van der Waals surface area contributed by atoms with Gasteiger partial charge in [-0.3, -0.25) is 9.59 Å². The van der Waals surface area contributed by atoms with Crippen LogP contribution < -0.4 is 5.56 Å². The topological polar surface area (TPSA) is 53.2 Å². The van der Waals surface area contributed by atoms with E-state index in [2.05, 4.69) is 4.98 Å². The van der Waals surface area contributed by atoms with Gasteiger partial charge in [-0.05, 0) is 18.6 Å². The lowest BCUT2D eigenvalue weighted by molar-refractivity contribution is 0.0766. The Morgan fingerprint density at radius 2 is 2.04 bits per heavy atom. The normalized spacial score (nSPS) is 18.5. The number of aromatic nitrogens is 1. The maximum atomic E-state index is 13.9. The van der Waals surface area contributed by atoms with Crippen LogP contribution in [0.5, 0.6) is 0 Å². The summed E-state index contributed by atoms with van der Waals surface area (Å²) >= 11 is 1.68. The van der Waals surface area contributed by atoms with Crippen molar-refractivity contribution in [2.45, 2.75) is 11.7 Å². The number of pyridine rings is 1. The zero-order valence-corrected chi connectivity index (χ0v) is 13.3. The third-order valence-corrected chi connectivity index (χ3v) is 5.22. The number of amides is 1. The number of nitrogens with one attached hydrogen (secondary N) is 1. The maximum Gasteiger partial charge on any atom is 0.255 e. The second-order valence-electron chi connectivity index (χ2n) is 5.40. The summed E-state index contributed by atoms with van der Waals surface area (Å²) in [4.78, 5) is 27.9. The molecule has 23 heavy (non-hydrogen) atoms. The number of H-pyrrole nitrogens is 1. The molecule has 1 saturated heterocycles. The van der Waals surface area contributed by atoms with Gasteiger partial charge in [0, 0.05) is 41.9 Å². The molecule has 6 heteroatoms. The molecule has 2 heterocycles. The Kier molecular flexibility index (Phi) is 4.81. The average Bonchev–Trinajstić information content (AvgIpc) is 2.81. The van der Waals surface area contributed by atoms with Gasteiger partial charge in [-0.1, -0.05) is 18.2 Å². The van der Waals surface area contributed by atoms with Crippen molar-refractivity contribution in [1.82, 2.24) is 9.88 Å². The van der Waals surface area contributed by atoms with Gasteiger partial charge < -0.3 is 9.88 Å². The van der Waals surface area contributed by atoms with Crippen molar-refractivity contribution in [2.75, 3.05) is 18.8 Å². The quantitative estimate of drug-likeness (QED) is 0.920. The molecular formula is C17H17FN2O2S. The zero-order chi connectivity index (χ0) is 16.2. The van der Waals surface area contributed by atoms with Crippen molar-refractivity contribution in [2.24, 2.45) is 0 Å². The van der Waals surface area contributed by atoms with Crippen LogP contribution in [0, 0.1) is 5.82 Å². The van der Waals surface area contributed by atoms with Crippen LogP contribution in [0.15, 0.2) is 47.4 Å². The van der Waals surface area contributed by atoms with Crippen LogP contribution in [-0.4, -0.2) is 34.6 Å². The number of carbonyl (C=O) groups is 1. The molecule has 2 aromatic rings. The molecule has 1 amide bonds. The van der Waals surface area contributed by atoms with Crippen molar-refractivity contribution >= 4 is 17.7 Å². The standard InChI is InChI=1S/C17H17FN2O2S/c18-14-4-2-1-3-13(14)15-7-8-20(9-10-23-15)17(22)12-5-6-16(21)19-11-12/h1-6,11,15H,7-10H2,(H,19,21). The van der Waals surface area contributed by atoms with E-state index in [0.29, 0.717) is 30.6 Å². The summed E-state index contributed by atoms with van der Waals surface area (Å²) in [7, 11) is 0. The summed E-state index contributed by atoms with van der Waals surface area (Å²) in [6.07, 6.45) is 2.15. The lowest BCUT2D eigenvalue weighted by atomic mass is 10.1. The predicted octanol–water partition coefficient (Wildman–Crippen LogP) is 2.83. The van der Waals surface area contributed by atoms with Crippen LogP contribution in [0.4, 0.5) is 4.39 Å². The molecule has 1 aliphatic heterocycles. The van der Waals surface area contributed by atoms with Gasteiger partial charge in [-0.15, -0.1) is 0 Å². The Balaban J connectivity index is 1.71. The number of thioether (sulfide) groups is 1. The van der Waals surface area contributed by atoms with Gasteiger partial charge in [0.1, 0.15) is 5.82 Å². The van der Waals surface area contributed by atoms with Crippen LogP contribution in [-0.2, 0) is 0 Å². The number of carbonyl (C=O) groups excluding carboxylic acids is 1. The molecule has 4 nitrogen and oxygen atoms in total. The molecule has 0 bridgehead atoms. The van der Waals surface area contributed by atoms with Crippen molar-refractivity contribution < 1.29 is 9.18 Å². The molecule has 1 unspecified atom stereocenters. The summed E-state index contributed by atoms with van der Waals surface area (Å²) in [6, 6.07) is 9.70. The molecule has 0 radical (unpaired) electrons. The van der Waals surface area contributed by atoms with Gasteiger partial charge in [0.25, 0.3) is 5.91 Å². The minimum Gasteiger partial charge on any atom is -0.338 e. The smallest absolute Gasteiger partial charge is 0.255 e. The summed E-state index contributed by atoms with van der Waals surface area (Å²) in [6.45, 7) is 1.19. The molecule has 1 aliphatic rings. The van der Waals surface area contributed by atoms with Crippen molar-refractivity contribution in [1.29, 1.82) is 0 Å². The fourth-order valence-electron chi connectivity index (χ4n) is 2.68. The molecule has 1 atom stereocenters. The maximum absolute atomic E-state index is 13.9. The number of nitrogens with zero attached hydrogens (tertiary/aromatic N) is 1. The Bertz CT molecular complexity index is 742.